The van der Waals surface area contributed by atoms with E-state index in [0.29, 0.717) is 6.61 Å². The van der Waals surface area contributed by atoms with E-state index in [-0.39, 0.29) is 12.1 Å². The molecule has 3 aromatic rings. The summed E-state index contributed by atoms with van der Waals surface area (Å²) >= 11 is 1.84. The Kier molecular flexibility index (Phi) is 6.63. The average molecular weight is 439 g/mol. The maximum absolute atomic E-state index is 12.7. The van der Waals surface area contributed by atoms with Gasteiger partial charge in [-0.2, -0.15) is 0 Å². The summed E-state index contributed by atoms with van der Waals surface area (Å²) in [6.07, 6.45) is 5.17. The molecule has 0 saturated heterocycles. The van der Waals surface area contributed by atoms with E-state index in [1.165, 1.54) is 21.0 Å². The van der Waals surface area contributed by atoms with Crippen molar-refractivity contribution in [3.8, 4) is 10.8 Å². The molecule has 0 aliphatic carbocycles. The minimum absolute atomic E-state index is 0.103. The summed E-state index contributed by atoms with van der Waals surface area (Å²) in [6, 6.07) is 11.2. The van der Waals surface area contributed by atoms with E-state index in [9.17, 15) is 4.79 Å². The molecule has 0 spiro atoms. The van der Waals surface area contributed by atoms with Gasteiger partial charge in [-0.15, -0.1) is 11.3 Å². The first-order chi connectivity index (χ1) is 15.1. The van der Waals surface area contributed by atoms with Crippen LogP contribution < -0.4 is 15.4 Å². The lowest BCUT2D eigenvalue weighted by Gasteiger charge is -2.26. The summed E-state index contributed by atoms with van der Waals surface area (Å²) in [5, 5.41) is 7.28. The number of likely N-dealkylation sites (N-methyl/N-ethyl adjacent to an activating group) is 1. The molecule has 1 aliphatic heterocycles. The van der Waals surface area contributed by atoms with Crippen LogP contribution in [0, 0.1) is 0 Å². The number of fused-ring (bicyclic) bond motifs is 1. The maximum atomic E-state index is 12.7. The topological polar surface area (TPSA) is 58.5 Å². The van der Waals surface area contributed by atoms with Gasteiger partial charge in [0.1, 0.15) is 10.8 Å². The predicted molar refractivity (Wildman–Crippen MR) is 126 cm³/mol. The standard InChI is InChI=1S/C24H30N4O2S/c1-4-27-15-12-20-21(16-27)31-23(28-13-6-7-14-28)22(20)17(3)25-24(29)26-18-8-10-19(11-9-18)30-5-2/h6-11,13-14,17H,4-5,12,15-16H2,1-3H3,(H2,25,26,29)/t17-/m0/s1. The number of thiophene rings is 1. The number of nitrogens with one attached hydrogen (secondary N) is 2. The lowest BCUT2D eigenvalue weighted by Crippen LogP contribution is -2.33. The molecule has 0 unspecified atom stereocenters. The monoisotopic (exact) mass is 438 g/mol. The molecule has 2 N–H and O–H groups in total. The maximum Gasteiger partial charge on any atom is 0.319 e. The predicted octanol–water partition coefficient (Wildman–Crippen LogP) is 5.20. The summed E-state index contributed by atoms with van der Waals surface area (Å²) < 4.78 is 7.63. The zero-order valence-corrected chi connectivity index (χ0v) is 19.2. The molecule has 2 amide bonds. The van der Waals surface area contributed by atoms with Gasteiger partial charge < -0.3 is 19.9 Å². The molecular formula is C24H30N4O2S. The van der Waals surface area contributed by atoms with Crippen LogP contribution in [0.25, 0.3) is 5.00 Å². The largest absolute Gasteiger partial charge is 0.494 e. The molecular weight excluding hydrogens is 408 g/mol. The molecule has 6 nitrogen and oxygen atoms in total. The quantitative estimate of drug-likeness (QED) is 0.533. The Morgan fingerprint density at radius 3 is 2.61 bits per heavy atom. The van der Waals surface area contributed by atoms with Crippen LogP contribution in [0.15, 0.2) is 48.8 Å². The van der Waals surface area contributed by atoms with E-state index in [0.717, 1.165) is 37.5 Å². The number of hydrogen-bond acceptors (Lipinski definition) is 4. The highest BCUT2D eigenvalue weighted by Gasteiger charge is 2.27. The van der Waals surface area contributed by atoms with Crippen LogP contribution in [-0.4, -0.2) is 35.2 Å². The highest BCUT2D eigenvalue weighted by molar-refractivity contribution is 7.15. The molecule has 2 aromatic heterocycles. The van der Waals surface area contributed by atoms with Crippen molar-refractivity contribution < 1.29 is 9.53 Å². The van der Waals surface area contributed by atoms with Gasteiger partial charge in [0.15, 0.2) is 0 Å². The molecule has 3 heterocycles. The number of nitrogens with zero attached hydrogens (tertiary/aromatic N) is 2. The van der Waals surface area contributed by atoms with Crippen LogP contribution in [0.2, 0.25) is 0 Å². The van der Waals surface area contributed by atoms with Gasteiger partial charge in [0, 0.05) is 41.6 Å². The minimum atomic E-state index is -0.207. The van der Waals surface area contributed by atoms with E-state index >= 15 is 0 Å². The first-order valence-corrected chi connectivity index (χ1v) is 11.7. The Balaban J connectivity index is 1.53. The summed E-state index contributed by atoms with van der Waals surface area (Å²) in [5.41, 5.74) is 3.37. The molecule has 1 aliphatic rings. The summed E-state index contributed by atoms with van der Waals surface area (Å²) in [7, 11) is 0. The number of carbonyl (C=O) groups is 1. The van der Waals surface area contributed by atoms with Gasteiger partial charge >= 0.3 is 6.03 Å². The number of urea groups is 1. The van der Waals surface area contributed by atoms with E-state index in [2.05, 4.69) is 46.3 Å². The number of ether oxygens (including phenoxy) is 1. The zero-order chi connectivity index (χ0) is 21.8. The van der Waals surface area contributed by atoms with Crippen molar-refractivity contribution in [2.45, 2.75) is 39.8 Å². The van der Waals surface area contributed by atoms with E-state index < -0.39 is 0 Å². The van der Waals surface area contributed by atoms with Gasteiger partial charge in [-0.1, -0.05) is 6.92 Å². The Labute approximate surface area is 187 Å². The fourth-order valence-electron chi connectivity index (χ4n) is 4.08. The number of benzene rings is 1. The molecule has 4 rings (SSSR count). The smallest absolute Gasteiger partial charge is 0.319 e. The van der Waals surface area contributed by atoms with Gasteiger partial charge in [0.25, 0.3) is 0 Å². The number of hydrogen-bond donors (Lipinski definition) is 2. The fraction of sp³-hybridized carbons (Fsp3) is 0.375. The Bertz CT molecular complexity index is 1010. The zero-order valence-electron chi connectivity index (χ0n) is 18.4. The Hall–Kier alpha value is -2.77. The van der Waals surface area contributed by atoms with Crippen molar-refractivity contribution in [1.29, 1.82) is 0 Å². The second kappa shape index (κ2) is 9.58. The molecule has 1 aromatic carbocycles. The second-order valence-electron chi connectivity index (χ2n) is 7.71. The van der Waals surface area contributed by atoms with Crippen molar-refractivity contribution in [3.63, 3.8) is 0 Å². The molecule has 31 heavy (non-hydrogen) atoms. The lowest BCUT2D eigenvalue weighted by atomic mass is 9.98. The second-order valence-corrected chi connectivity index (χ2v) is 8.79. The van der Waals surface area contributed by atoms with Gasteiger partial charge in [-0.05, 0) is 68.8 Å². The van der Waals surface area contributed by atoms with Crippen LogP contribution in [0.4, 0.5) is 10.5 Å². The molecule has 0 saturated carbocycles. The van der Waals surface area contributed by atoms with E-state index in [1.54, 1.807) is 0 Å². The third-order valence-corrected chi connectivity index (χ3v) is 6.89. The number of rotatable bonds is 7. The summed E-state index contributed by atoms with van der Waals surface area (Å²) in [6.45, 7) is 9.95. The number of amides is 2. The van der Waals surface area contributed by atoms with Crippen LogP contribution in [0.1, 0.15) is 42.8 Å². The lowest BCUT2D eigenvalue weighted by molar-refractivity contribution is 0.249. The van der Waals surface area contributed by atoms with Crippen molar-refractivity contribution in [1.82, 2.24) is 14.8 Å². The summed E-state index contributed by atoms with van der Waals surface area (Å²) in [4.78, 5) is 16.6. The number of aromatic nitrogens is 1. The SMILES string of the molecule is CCOc1ccc(NC(=O)N[C@@H](C)c2c(-n3cccc3)sc3c2CCN(CC)C3)cc1. The third-order valence-electron chi connectivity index (χ3n) is 5.65. The average Bonchev–Trinajstić information content (AvgIpc) is 3.42. The number of anilines is 1. The summed E-state index contributed by atoms with van der Waals surface area (Å²) in [5.74, 6) is 0.796. The fourth-order valence-corrected chi connectivity index (χ4v) is 5.53. The molecule has 164 valence electrons. The third kappa shape index (κ3) is 4.78. The van der Waals surface area contributed by atoms with Crippen molar-refractivity contribution in [2.24, 2.45) is 0 Å². The van der Waals surface area contributed by atoms with Crippen molar-refractivity contribution >= 4 is 23.1 Å². The van der Waals surface area contributed by atoms with Crippen molar-refractivity contribution in [2.75, 3.05) is 25.0 Å². The molecule has 0 bridgehead atoms. The van der Waals surface area contributed by atoms with Crippen molar-refractivity contribution in [3.05, 3.63) is 64.8 Å². The van der Waals surface area contributed by atoms with Crippen LogP contribution >= 0.6 is 11.3 Å². The van der Waals surface area contributed by atoms with Gasteiger partial charge in [0.05, 0.1) is 12.6 Å². The minimum Gasteiger partial charge on any atom is -0.494 e. The number of carbonyl (C=O) groups excluding carboxylic acids is 1. The first-order valence-electron chi connectivity index (χ1n) is 10.9. The highest BCUT2D eigenvalue weighted by atomic mass is 32.1. The van der Waals surface area contributed by atoms with Crippen LogP contribution in [0.5, 0.6) is 5.75 Å². The van der Waals surface area contributed by atoms with Gasteiger partial charge in [0.2, 0.25) is 0 Å². The van der Waals surface area contributed by atoms with Gasteiger partial charge in [-0.3, -0.25) is 4.90 Å². The van der Waals surface area contributed by atoms with E-state index in [1.807, 2.05) is 54.7 Å². The highest BCUT2D eigenvalue weighted by Crippen LogP contribution is 2.39. The first kappa shape index (κ1) is 21.5. The van der Waals surface area contributed by atoms with E-state index in [4.69, 9.17) is 4.74 Å². The Morgan fingerprint density at radius 1 is 1.19 bits per heavy atom. The normalized spacial score (nSPS) is 14.7. The molecule has 0 fully saturated rings. The molecule has 0 radical (unpaired) electrons. The molecule has 7 heteroatoms. The molecule has 1 atom stereocenters. The van der Waals surface area contributed by atoms with Gasteiger partial charge in [-0.25, -0.2) is 4.79 Å². The van der Waals surface area contributed by atoms with Crippen LogP contribution in [-0.2, 0) is 13.0 Å². The Morgan fingerprint density at radius 2 is 1.94 bits per heavy atom. The van der Waals surface area contributed by atoms with Crippen LogP contribution in [0.3, 0.4) is 0 Å².